The predicted octanol–water partition coefficient (Wildman–Crippen LogP) is 2.05. The molecule has 0 heterocycles. The molecule has 0 fully saturated rings. The molecule has 2 N–H and O–H groups in total. The lowest BCUT2D eigenvalue weighted by molar-refractivity contribution is 0.183. The molecule has 3 heteroatoms. The second kappa shape index (κ2) is 5.03. The van der Waals surface area contributed by atoms with Gasteiger partial charge in [-0.15, -0.1) is 0 Å². The number of hydrogen-bond acceptors (Lipinski definition) is 3. The van der Waals surface area contributed by atoms with E-state index in [1.54, 1.807) is 7.11 Å². The molecule has 1 aromatic rings. The van der Waals surface area contributed by atoms with Gasteiger partial charge in [0.1, 0.15) is 0 Å². The van der Waals surface area contributed by atoms with E-state index in [1.165, 1.54) is 5.69 Å². The van der Waals surface area contributed by atoms with Crippen LogP contribution in [0.2, 0.25) is 0 Å². The lowest BCUT2D eigenvalue weighted by Crippen LogP contribution is -2.33. The Morgan fingerprint density at radius 3 is 2.73 bits per heavy atom. The minimum absolute atomic E-state index is 0.343. The second-order valence-electron chi connectivity index (χ2n) is 3.91. The Kier molecular flexibility index (Phi) is 3.97. The molecule has 15 heavy (non-hydrogen) atoms. The highest BCUT2D eigenvalue weighted by molar-refractivity contribution is 5.64. The number of rotatable bonds is 4. The van der Waals surface area contributed by atoms with Crippen molar-refractivity contribution in [2.45, 2.75) is 19.9 Å². The molecular formula is C12H20N2O. The van der Waals surface area contributed by atoms with Crippen molar-refractivity contribution < 1.29 is 4.74 Å². The number of nitrogens with zero attached hydrogens (tertiary/aromatic N) is 1. The molecule has 1 rings (SSSR count). The molecule has 0 saturated heterocycles. The molecule has 84 valence electrons. The number of benzene rings is 1. The van der Waals surface area contributed by atoms with Crippen LogP contribution in [0, 0.1) is 6.92 Å². The van der Waals surface area contributed by atoms with Gasteiger partial charge in [-0.2, -0.15) is 0 Å². The van der Waals surface area contributed by atoms with E-state index in [0.717, 1.165) is 11.3 Å². The first-order valence-corrected chi connectivity index (χ1v) is 5.14. The molecule has 0 radical (unpaired) electrons. The van der Waals surface area contributed by atoms with Crippen LogP contribution in [-0.4, -0.2) is 26.8 Å². The van der Waals surface area contributed by atoms with Crippen LogP contribution in [0.1, 0.15) is 12.5 Å². The molecule has 3 nitrogen and oxygen atoms in total. The Morgan fingerprint density at radius 1 is 1.47 bits per heavy atom. The van der Waals surface area contributed by atoms with Crippen LogP contribution in [-0.2, 0) is 4.74 Å². The van der Waals surface area contributed by atoms with Gasteiger partial charge in [-0.3, -0.25) is 0 Å². The van der Waals surface area contributed by atoms with Gasteiger partial charge in [-0.05, 0) is 31.5 Å². The maximum atomic E-state index is 5.87. The van der Waals surface area contributed by atoms with Gasteiger partial charge in [0.25, 0.3) is 0 Å². The lowest BCUT2D eigenvalue weighted by Gasteiger charge is -2.28. The van der Waals surface area contributed by atoms with E-state index in [-0.39, 0.29) is 0 Å². The molecule has 1 aromatic carbocycles. The van der Waals surface area contributed by atoms with Crippen LogP contribution in [0.5, 0.6) is 0 Å². The molecule has 1 atom stereocenters. The average Bonchev–Trinajstić information content (AvgIpc) is 2.21. The molecule has 0 aliphatic carbocycles. The highest BCUT2D eigenvalue weighted by Gasteiger charge is 2.12. The number of nitrogen functional groups attached to an aromatic ring is 1. The molecule has 0 aromatic heterocycles. The van der Waals surface area contributed by atoms with Crippen LogP contribution in [0.3, 0.4) is 0 Å². The normalized spacial score (nSPS) is 12.5. The van der Waals surface area contributed by atoms with Crippen LogP contribution in [0.25, 0.3) is 0 Å². The minimum Gasteiger partial charge on any atom is -0.398 e. The summed E-state index contributed by atoms with van der Waals surface area (Å²) in [6, 6.07) is 6.33. The quantitative estimate of drug-likeness (QED) is 0.770. The van der Waals surface area contributed by atoms with E-state index < -0.39 is 0 Å². The van der Waals surface area contributed by atoms with E-state index in [1.807, 2.05) is 19.1 Å². The number of anilines is 2. The zero-order valence-corrected chi connectivity index (χ0v) is 9.95. The van der Waals surface area contributed by atoms with Crippen molar-refractivity contribution in [2.24, 2.45) is 0 Å². The zero-order chi connectivity index (χ0) is 11.4. The topological polar surface area (TPSA) is 38.5 Å². The number of hydrogen-bond donors (Lipinski definition) is 1. The molecule has 0 aliphatic rings. The Labute approximate surface area is 91.8 Å². The van der Waals surface area contributed by atoms with Crippen molar-refractivity contribution >= 4 is 11.4 Å². The van der Waals surface area contributed by atoms with Crippen molar-refractivity contribution in [1.82, 2.24) is 0 Å². The summed E-state index contributed by atoms with van der Waals surface area (Å²) in [6.07, 6.45) is 0. The van der Waals surface area contributed by atoms with Crippen molar-refractivity contribution in [3.63, 3.8) is 0 Å². The summed E-state index contributed by atoms with van der Waals surface area (Å²) >= 11 is 0. The molecule has 0 amide bonds. The van der Waals surface area contributed by atoms with E-state index in [4.69, 9.17) is 10.5 Å². The summed E-state index contributed by atoms with van der Waals surface area (Å²) in [6.45, 7) is 4.89. The summed E-state index contributed by atoms with van der Waals surface area (Å²) in [4.78, 5) is 2.19. The highest BCUT2D eigenvalue weighted by atomic mass is 16.5. The first-order valence-electron chi connectivity index (χ1n) is 5.14. The van der Waals surface area contributed by atoms with Crippen LogP contribution < -0.4 is 10.6 Å². The zero-order valence-electron chi connectivity index (χ0n) is 9.95. The number of ether oxygens (including phenoxy) is 1. The van der Waals surface area contributed by atoms with Gasteiger partial charge in [-0.1, -0.05) is 6.07 Å². The number of nitrogens with two attached hydrogens (primary N) is 1. The molecule has 0 bridgehead atoms. The first kappa shape index (κ1) is 11.9. The SMILES string of the molecule is COCC(C)N(C)c1cccc(N)c1C. The van der Waals surface area contributed by atoms with Crippen LogP contribution in [0.4, 0.5) is 11.4 Å². The fourth-order valence-electron chi connectivity index (χ4n) is 1.61. The van der Waals surface area contributed by atoms with E-state index in [0.29, 0.717) is 12.6 Å². The third-order valence-corrected chi connectivity index (χ3v) is 2.80. The summed E-state index contributed by atoms with van der Waals surface area (Å²) in [7, 11) is 3.78. The standard InChI is InChI=1S/C12H20N2O/c1-9(8-15-4)14(3)12-7-5-6-11(13)10(12)2/h5-7,9H,8,13H2,1-4H3. The van der Waals surface area contributed by atoms with Crippen molar-refractivity contribution in [2.75, 3.05) is 31.4 Å². The summed E-state index contributed by atoms with van der Waals surface area (Å²) in [5, 5.41) is 0. The molecule has 1 unspecified atom stereocenters. The smallest absolute Gasteiger partial charge is 0.0663 e. The molecule has 0 saturated carbocycles. The van der Waals surface area contributed by atoms with E-state index >= 15 is 0 Å². The van der Waals surface area contributed by atoms with Crippen LogP contribution in [0.15, 0.2) is 18.2 Å². The van der Waals surface area contributed by atoms with Crippen LogP contribution >= 0.6 is 0 Å². The maximum absolute atomic E-state index is 5.87. The fraction of sp³-hybridized carbons (Fsp3) is 0.500. The molecule has 0 aliphatic heterocycles. The Bertz CT molecular complexity index is 325. The summed E-state index contributed by atoms with van der Waals surface area (Å²) in [5.74, 6) is 0. The van der Waals surface area contributed by atoms with Crippen molar-refractivity contribution in [3.8, 4) is 0 Å². The van der Waals surface area contributed by atoms with Gasteiger partial charge in [0.2, 0.25) is 0 Å². The monoisotopic (exact) mass is 208 g/mol. The fourth-order valence-corrected chi connectivity index (χ4v) is 1.61. The van der Waals surface area contributed by atoms with Gasteiger partial charge < -0.3 is 15.4 Å². The second-order valence-corrected chi connectivity index (χ2v) is 3.91. The van der Waals surface area contributed by atoms with E-state index in [9.17, 15) is 0 Å². The average molecular weight is 208 g/mol. The minimum atomic E-state index is 0.343. The molecule has 0 spiro atoms. The first-order chi connectivity index (χ1) is 7.07. The van der Waals surface area contributed by atoms with Crippen molar-refractivity contribution in [1.29, 1.82) is 0 Å². The summed E-state index contributed by atoms with van der Waals surface area (Å²) < 4.78 is 5.14. The highest BCUT2D eigenvalue weighted by Crippen LogP contribution is 2.24. The number of methoxy groups -OCH3 is 1. The Balaban J connectivity index is 2.90. The third-order valence-electron chi connectivity index (χ3n) is 2.80. The lowest BCUT2D eigenvalue weighted by atomic mass is 10.1. The van der Waals surface area contributed by atoms with Gasteiger partial charge in [0, 0.05) is 31.6 Å². The Hall–Kier alpha value is -1.22. The number of likely N-dealkylation sites (N-methyl/N-ethyl adjacent to an activating group) is 1. The van der Waals surface area contributed by atoms with Crippen molar-refractivity contribution in [3.05, 3.63) is 23.8 Å². The predicted molar refractivity (Wildman–Crippen MR) is 65.3 cm³/mol. The largest absolute Gasteiger partial charge is 0.398 e. The van der Waals surface area contributed by atoms with Gasteiger partial charge in [-0.25, -0.2) is 0 Å². The molecular weight excluding hydrogens is 188 g/mol. The maximum Gasteiger partial charge on any atom is 0.0663 e. The Morgan fingerprint density at radius 2 is 2.13 bits per heavy atom. The van der Waals surface area contributed by atoms with E-state index in [2.05, 4.69) is 24.9 Å². The van der Waals surface area contributed by atoms with Gasteiger partial charge in [0.05, 0.1) is 6.61 Å². The van der Waals surface area contributed by atoms with Gasteiger partial charge >= 0.3 is 0 Å². The third kappa shape index (κ3) is 2.63. The van der Waals surface area contributed by atoms with Gasteiger partial charge in [0.15, 0.2) is 0 Å². The summed E-state index contributed by atoms with van der Waals surface area (Å²) in [5.41, 5.74) is 9.01.